The van der Waals surface area contributed by atoms with Crippen LogP contribution in [0.4, 0.5) is 0 Å². The Labute approximate surface area is 107 Å². The van der Waals surface area contributed by atoms with E-state index in [9.17, 15) is 9.90 Å². The van der Waals surface area contributed by atoms with Crippen molar-refractivity contribution in [1.82, 2.24) is 9.88 Å². The molecular formula is C14H18N2O2. The third kappa shape index (κ3) is 2.19. The minimum Gasteiger partial charge on any atom is -0.506 e. The summed E-state index contributed by atoms with van der Waals surface area (Å²) in [7, 11) is 0. The van der Waals surface area contributed by atoms with E-state index in [1.165, 1.54) is 37.9 Å². The van der Waals surface area contributed by atoms with Gasteiger partial charge in [0.2, 0.25) is 0 Å². The van der Waals surface area contributed by atoms with Gasteiger partial charge in [0.15, 0.2) is 0 Å². The maximum Gasteiger partial charge on any atom is 0.272 e. The van der Waals surface area contributed by atoms with Crippen LogP contribution in [0.3, 0.4) is 0 Å². The van der Waals surface area contributed by atoms with Crippen molar-refractivity contribution in [2.24, 2.45) is 11.8 Å². The predicted molar refractivity (Wildman–Crippen MR) is 67.3 cm³/mol. The largest absolute Gasteiger partial charge is 0.506 e. The highest BCUT2D eigenvalue weighted by Crippen LogP contribution is 2.34. The van der Waals surface area contributed by atoms with Gasteiger partial charge in [-0.05, 0) is 43.2 Å². The molecule has 0 unspecified atom stereocenters. The van der Waals surface area contributed by atoms with E-state index in [-0.39, 0.29) is 11.7 Å². The maximum atomic E-state index is 12.3. The quantitative estimate of drug-likeness (QED) is 0.825. The summed E-state index contributed by atoms with van der Waals surface area (Å²) in [4.78, 5) is 18.3. The number of piperidine rings is 1. The Bertz CT molecular complexity index is 432. The number of aromatic hydroxyl groups is 1. The first-order valence-corrected chi connectivity index (χ1v) is 6.66. The number of nitrogens with zero attached hydrogens (tertiary/aromatic N) is 2. The summed E-state index contributed by atoms with van der Waals surface area (Å²) < 4.78 is 0. The summed E-state index contributed by atoms with van der Waals surface area (Å²) in [6.45, 7) is 1.75. The molecule has 1 saturated carbocycles. The predicted octanol–water partition coefficient (Wildman–Crippen LogP) is 2.05. The van der Waals surface area contributed by atoms with Crippen LogP contribution in [0.15, 0.2) is 18.3 Å². The van der Waals surface area contributed by atoms with Crippen molar-refractivity contribution in [3.63, 3.8) is 0 Å². The zero-order valence-electron chi connectivity index (χ0n) is 10.4. The number of fused-ring (bicyclic) bond motifs is 2. The molecule has 2 heterocycles. The summed E-state index contributed by atoms with van der Waals surface area (Å²) in [5, 5.41) is 9.19. The minimum atomic E-state index is 0.00611. The van der Waals surface area contributed by atoms with Gasteiger partial charge < -0.3 is 10.0 Å². The monoisotopic (exact) mass is 246 g/mol. The fourth-order valence-electron chi connectivity index (χ4n) is 3.27. The second kappa shape index (κ2) is 4.59. The lowest BCUT2D eigenvalue weighted by Gasteiger charge is -2.41. The Hall–Kier alpha value is -1.58. The van der Waals surface area contributed by atoms with E-state index in [1.807, 2.05) is 4.90 Å². The van der Waals surface area contributed by atoms with Gasteiger partial charge in [0.25, 0.3) is 5.91 Å². The van der Waals surface area contributed by atoms with Crippen molar-refractivity contribution in [3.8, 4) is 5.75 Å². The highest BCUT2D eigenvalue weighted by molar-refractivity contribution is 5.92. The molecule has 1 aromatic heterocycles. The number of pyridine rings is 1. The zero-order valence-corrected chi connectivity index (χ0v) is 10.4. The first-order chi connectivity index (χ1) is 8.72. The molecule has 1 amide bonds. The van der Waals surface area contributed by atoms with Gasteiger partial charge in [-0.15, -0.1) is 0 Å². The standard InChI is InChI=1S/C14H18N2O2/c17-12-4-5-13(15-7-12)14(18)16-8-10-2-1-3-11(6-10)9-16/h4-5,7,10-11,17H,1-3,6,8-9H2/t10-,11-/m0/s1. The van der Waals surface area contributed by atoms with Crippen LogP contribution in [0, 0.1) is 11.8 Å². The Morgan fingerprint density at radius 1 is 1.28 bits per heavy atom. The van der Waals surface area contributed by atoms with E-state index in [4.69, 9.17) is 0 Å². The van der Waals surface area contributed by atoms with Gasteiger partial charge in [-0.3, -0.25) is 4.79 Å². The molecule has 0 spiro atoms. The second-order valence-corrected chi connectivity index (χ2v) is 5.51. The van der Waals surface area contributed by atoms with E-state index in [0.717, 1.165) is 13.1 Å². The van der Waals surface area contributed by atoms with E-state index in [1.54, 1.807) is 6.07 Å². The zero-order chi connectivity index (χ0) is 12.5. The third-order valence-corrected chi connectivity index (χ3v) is 4.10. The molecule has 1 aliphatic heterocycles. The van der Waals surface area contributed by atoms with Crippen molar-refractivity contribution in [2.45, 2.75) is 25.7 Å². The average Bonchev–Trinajstić information content (AvgIpc) is 2.38. The van der Waals surface area contributed by atoms with Gasteiger partial charge in [0.05, 0.1) is 6.20 Å². The van der Waals surface area contributed by atoms with Crippen molar-refractivity contribution in [1.29, 1.82) is 0 Å². The maximum absolute atomic E-state index is 12.3. The fourth-order valence-corrected chi connectivity index (χ4v) is 3.27. The third-order valence-electron chi connectivity index (χ3n) is 4.10. The van der Waals surface area contributed by atoms with Gasteiger partial charge in [0, 0.05) is 13.1 Å². The molecule has 2 atom stereocenters. The normalized spacial score (nSPS) is 27.0. The molecule has 2 fully saturated rings. The fraction of sp³-hybridized carbons (Fsp3) is 0.571. The minimum absolute atomic E-state index is 0.00611. The van der Waals surface area contributed by atoms with Gasteiger partial charge in [-0.1, -0.05) is 6.42 Å². The highest BCUT2D eigenvalue weighted by Gasteiger charge is 2.33. The SMILES string of the molecule is O=C(c1ccc(O)cn1)N1C[C@H]2CCC[C@@H](C2)C1. The van der Waals surface area contributed by atoms with Crippen molar-refractivity contribution < 1.29 is 9.90 Å². The molecule has 18 heavy (non-hydrogen) atoms. The molecule has 2 aliphatic rings. The van der Waals surface area contributed by atoms with E-state index in [2.05, 4.69) is 4.98 Å². The number of amides is 1. The smallest absolute Gasteiger partial charge is 0.272 e. The molecule has 1 aromatic rings. The number of carbonyl (C=O) groups is 1. The number of likely N-dealkylation sites (tertiary alicyclic amines) is 1. The van der Waals surface area contributed by atoms with Crippen LogP contribution >= 0.6 is 0 Å². The molecule has 4 heteroatoms. The van der Waals surface area contributed by atoms with Gasteiger partial charge in [-0.2, -0.15) is 0 Å². The summed E-state index contributed by atoms with van der Waals surface area (Å²) in [5.74, 6) is 1.46. The lowest BCUT2D eigenvalue weighted by atomic mass is 9.78. The van der Waals surface area contributed by atoms with E-state index in [0.29, 0.717) is 17.5 Å². The summed E-state index contributed by atoms with van der Waals surface area (Å²) in [6.07, 6.45) is 6.44. The number of aromatic nitrogens is 1. The second-order valence-electron chi connectivity index (χ2n) is 5.51. The van der Waals surface area contributed by atoms with Gasteiger partial charge in [0.1, 0.15) is 11.4 Å². The van der Waals surface area contributed by atoms with Crippen LogP contribution in [-0.4, -0.2) is 34.0 Å². The Kier molecular flexibility index (Phi) is 2.94. The Balaban J connectivity index is 1.74. The van der Waals surface area contributed by atoms with Crippen LogP contribution in [0.1, 0.15) is 36.2 Å². The molecular weight excluding hydrogens is 228 g/mol. The number of hydrogen-bond acceptors (Lipinski definition) is 3. The summed E-state index contributed by atoms with van der Waals surface area (Å²) in [5.41, 5.74) is 0.438. The Morgan fingerprint density at radius 2 is 2.00 bits per heavy atom. The molecule has 1 N–H and O–H groups in total. The van der Waals surface area contributed by atoms with Crippen LogP contribution in [-0.2, 0) is 0 Å². The Morgan fingerprint density at radius 3 is 2.61 bits per heavy atom. The number of hydrogen-bond donors (Lipinski definition) is 1. The lowest BCUT2D eigenvalue weighted by molar-refractivity contribution is 0.0499. The van der Waals surface area contributed by atoms with Crippen LogP contribution in [0.25, 0.3) is 0 Å². The molecule has 1 saturated heterocycles. The first-order valence-electron chi connectivity index (χ1n) is 6.66. The first kappa shape index (κ1) is 11.5. The van der Waals surface area contributed by atoms with Crippen molar-refractivity contribution in [3.05, 3.63) is 24.0 Å². The molecule has 3 rings (SSSR count). The van der Waals surface area contributed by atoms with Gasteiger partial charge in [-0.25, -0.2) is 4.98 Å². The topological polar surface area (TPSA) is 53.4 Å². The van der Waals surface area contributed by atoms with Crippen molar-refractivity contribution >= 4 is 5.91 Å². The molecule has 0 aromatic carbocycles. The highest BCUT2D eigenvalue weighted by atomic mass is 16.3. The van der Waals surface area contributed by atoms with E-state index < -0.39 is 0 Å². The molecule has 1 aliphatic carbocycles. The number of carbonyl (C=O) groups excluding carboxylic acids is 1. The van der Waals surface area contributed by atoms with E-state index >= 15 is 0 Å². The van der Waals surface area contributed by atoms with Gasteiger partial charge >= 0.3 is 0 Å². The van der Waals surface area contributed by atoms with Crippen LogP contribution in [0.2, 0.25) is 0 Å². The average molecular weight is 246 g/mol. The molecule has 0 radical (unpaired) electrons. The van der Waals surface area contributed by atoms with Crippen LogP contribution in [0.5, 0.6) is 5.75 Å². The number of rotatable bonds is 1. The molecule has 2 bridgehead atoms. The van der Waals surface area contributed by atoms with Crippen molar-refractivity contribution in [2.75, 3.05) is 13.1 Å². The lowest BCUT2D eigenvalue weighted by Crippen LogP contribution is -2.45. The van der Waals surface area contributed by atoms with Crippen LogP contribution < -0.4 is 0 Å². The summed E-state index contributed by atoms with van der Waals surface area (Å²) >= 11 is 0. The molecule has 96 valence electrons. The summed E-state index contributed by atoms with van der Waals surface area (Å²) in [6, 6.07) is 3.12. The molecule has 4 nitrogen and oxygen atoms in total.